The number of likely N-dealkylation sites (tertiary alicyclic amines) is 1. The molecule has 2 atom stereocenters. The predicted octanol–water partition coefficient (Wildman–Crippen LogP) is 3.49. The van der Waals surface area contributed by atoms with Crippen LogP contribution in [0.2, 0.25) is 0 Å². The van der Waals surface area contributed by atoms with Crippen LogP contribution in [0.1, 0.15) is 19.4 Å². The monoisotopic (exact) mass is 350 g/mol. The number of nitrogens with one attached hydrogen (secondary N) is 1. The third-order valence-electron chi connectivity index (χ3n) is 5.07. The molecule has 4 heterocycles. The molecular weight excluding hydrogens is 333 g/mol. The molecule has 0 radical (unpaired) electrons. The number of hydrogen-bond acceptors (Lipinski definition) is 2. The minimum absolute atomic E-state index is 0.0531. The van der Waals surface area contributed by atoms with Crippen molar-refractivity contribution in [2.45, 2.75) is 25.6 Å². The van der Waals surface area contributed by atoms with E-state index in [4.69, 9.17) is 0 Å². The zero-order valence-electron chi connectivity index (χ0n) is 13.5. The van der Waals surface area contributed by atoms with Crippen molar-refractivity contribution in [3.8, 4) is 0 Å². The number of alkyl halides is 3. The smallest absolute Gasteiger partial charge is 0.346 e. The van der Waals surface area contributed by atoms with Gasteiger partial charge in [-0.25, -0.2) is 4.98 Å². The Balaban J connectivity index is 1.76. The van der Waals surface area contributed by atoms with E-state index in [0.717, 1.165) is 26.8 Å². The van der Waals surface area contributed by atoms with E-state index in [9.17, 15) is 18.0 Å². The predicted molar refractivity (Wildman–Crippen MR) is 87.0 cm³/mol. The topological polar surface area (TPSA) is 53.9 Å². The lowest BCUT2D eigenvalue weighted by Gasteiger charge is -2.38. The van der Waals surface area contributed by atoms with Gasteiger partial charge in [0.25, 0.3) is 0 Å². The summed E-state index contributed by atoms with van der Waals surface area (Å²) in [5.74, 6) is -1.59. The van der Waals surface area contributed by atoms with E-state index < -0.39 is 12.1 Å². The molecule has 1 fully saturated rings. The molecule has 1 N–H and O–H groups in total. The third kappa shape index (κ3) is 2.56. The number of rotatable bonds is 1. The van der Waals surface area contributed by atoms with Crippen molar-refractivity contribution in [1.82, 2.24) is 19.4 Å². The quantitative estimate of drug-likeness (QED) is 0.730. The standard InChI is InChI=1S/C17H17F3N4O/c1-10-3-6-23(16(25)17(18,19)20)9-13(10)24-7-4-11-8-22-15-12(14(11)24)2-5-21-15/h2,4-5,7-8,10,13H,3,6,9H2,1H3,(H,21,22)/t10-,13?/m1/s1. The number of carbonyl (C=O) groups excluding carboxylic acids is 1. The Morgan fingerprint density at radius 3 is 2.92 bits per heavy atom. The maximum atomic E-state index is 12.8. The van der Waals surface area contributed by atoms with Gasteiger partial charge in [-0.15, -0.1) is 0 Å². The Morgan fingerprint density at radius 1 is 1.36 bits per heavy atom. The summed E-state index contributed by atoms with van der Waals surface area (Å²) >= 11 is 0. The number of nitrogens with zero attached hydrogens (tertiary/aromatic N) is 3. The van der Waals surface area contributed by atoms with Gasteiger partial charge >= 0.3 is 12.1 Å². The molecule has 1 unspecified atom stereocenters. The van der Waals surface area contributed by atoms with Gasteiger partial charge < -0.3 is 14.5 Å². The van der Waals surface area contributed by atoms with Crippen molar-refractivity contribution in [2.75, 3.05) is 13.1 Å². The number of aromatic nitrogens is 3. The van der Waals surface area contributed by atoms with Crippen LogP contribution in [0.4, 0.5) is 13.2 Å². The fourth-order valence-electron chi connectivity index (χ4n) is 3.71. The molecule has 1 amide bonds. The highest BCUT2D eigenvalue weighted by molar-refractivity contribution is 6.02. The fourth-order valence-corrected chi connectivity index (χ4v) is 3.71. The number of aromatic amines is 1. The Hall–Kier alpha value is -2.51. The minimum Gasteiger partial charge on any atom is -0.346 e. The second kappa shape index (κ2) is 5.50. The molecule has 1 aliphatic heterocycles. The Labute approximate surface area is 141 Å². The van der Waals surface area contributed by atoms with Gasteiger partial charge in [0.15, 0.2) is 0 Å². The number of amides is 1. The lowest BCUT2D eigenvalue weighted by atomic mass is 9.93. The summed E-state index contributed by atoms with van der Waals surface area (Å²) in [4.78, 5) is 20.0. The van der Waals surface area contributed by atoms with E-state index in [0.29, 0.717) is 6.42 Å². The SMILES string of the molecule is C[C@@H]1CCN(C(=O)C(F)(F)F)CC1n1ccc2cnc3[nH]ccc3c21. The second-order valence-electron chi connectivity index (χ2n) is 6.61. The maximum absolute atomic E-state index is 12.8. The van der Waals surface area contributed by atoms with Crippen molar-refractivity contribution in [1.29, 1.82) is 0 Å². The molecule has 1 saturated heterocycles. The molecule has 132 valence electrons. The minimum atomic E-state index is -4.83. The molecule has 0 spiro atoms. The number of carbonyl (C=O) groups is 1. The van der Waals surface area contributed by atoms with Crippen LogP contribution in [0.3, 0.4) is 0 Å². The zero-order chi connectivity index (χ0) is 17.8. The number of H-pyrrole nitrogens is 1. The molecule has 8 heteroatoms. The van der Waals surface area contributed by atoms with Crippen LogP contribution in [0.25, 0.3) is 21.9 Å². The second-order valence-corrected chi connectivity index (χ2v) is 6.61. The van der Waals surface area contributed by atoms with Gasteiger partial charge in [-0.1, -0.05) is 6.92 Å². The summed E-state index contributed by atoms with van der Waals surface area (Å²) in [5.41, 5.74) is 1.67. The van der Waals surface area contributed by atoms with Crippen molar-refractivity contribution < 1.29 is 18.0 Å². The molecule has 25 heavy (non-hydrogen) atoms. The van der Waals surface area contributed by atoms with Crippen molar-refractivity contribution >= 4 is 27.8 Å². The van der Waals surface area contributed by atoms with Gasteiger partial charge in [0, 0.05) is 42.5 Å². The maximum Gasteiger partial charge on any atom is 0.471 e. The lowest BCUT2D eigenvalue weighted by molar-refractivity contribution is -0.187. The average molecular weight is 350 g/mol. The van der Waals surface area contributed by atoms with Crippen LogP contribution in [-0.4, -0.2) is 44.6 Å². The first-order valence-electron chi connectivity index (χ1n) is 8.15. The van der Waals surface area contributed by atoms with E-state index in [1.807, 2.05) is 29.8 Å². The highest BCUT2D eigenvalue weighted by Gasteiger charge is 2.44. The zero-order valence-corrected chi connectivity index (χ0v) is 13.5. The summed E-state index contributed by atoms with van der Waals surface area (Å²) in [5, 5.41) is 1.85. The van der Waals surface area contributed by atoms with Gasteiger partial charge in [-0.3, -0.25) is 4.79 Å². The number of hydrogen-bond donors (Lipinski definition) is 1. The van der Waals surface area contributed by atoms with Crippen LogP contribution >= 0.6 is 0 Å². The van der Waals surface area contributed by atoms with Crippen LogP contribution in [-0.2, 0) is 4.79 Å². The van der Waals surface area contributed by atoms with Crippen molar-refractivity contribution in [3.63, 3.8) is 0 Å². The van der Waals surface area contributed by atoms with Gasteiger partial charge in [0.2, 0.25) is 0 Å². The first-order chi connectivity index (χ1) is 11.9. The van der Waals surface area contributed by atoms with Crippen LogP contribution < -0.4 is 0 Å². The molecule has 0 aliphatic carbocycles. The Kier molecular flexibility index (Phi) is 3.52. The van der Waals surface area contributed by atoms with Gasteiger partial charge in [0.05, 0.1) is 11.6 Å². The summed E-state index contributed by atoms with van der Waals surface area (Å²) in [6.07, 6.45) is 1.12. The Morgan fingerprint density at radius 2 is 2.16 bits per heavy atom. The third-order valence-corrected chi connectivity index (χ3v) is 5.07. The first-order valence-corrected chi connectivity index (χ1v) is 8.15. The largest absolute Gasteiger partial charge is 0.471 e. The number of pyridine rings is 1. The number of halogens is 3. The molecule has 0 bridgehead atoms. The van der Waals surface area contributed by atoms with Gasteiger partial charge in [-0.2, -0.15) is 13.2 Å². The van der Waals surface area contributed by atoms with E-state index in [1.54, 1.807) is 12.4 Å². The van der Waals surface area contributed by atoms with E-state index in [-0.39, 0.29) is 25.0 Å². The fraction of sp³-hybridized carbons (Fsp3) is 0.412. The first kappa shape index (κ1) is 16.0. The molecule has 0 aromatic carbocycles. The molecule has 0 saturated carbocycles. The molecule has 5 nitrogen and oxygen atoms in total. The highest BCUT2D eigenvalue weighted by Crippen LogP contribution is 2.34. The lowest BCUT2D eigenvalue weighted by Crippen LogP contribution is -2.48. The average Bonchev–Trinajstić information content (AvgIpc) is 3.19. The molecule has 1 aliphatic rings. The van der Waals surface area contributed by atoms with E-state index >= 15 is 0 Å². The molecule has 3 aromatic rings. The summed E-state index contributed by atoms with van der Waals surface area (Å²) in [6, 6.07) is 3.61. The highest BCUT2D eigenvalue weighted by atomic mass is 19.4. The van der Waals surface area contributed by atoms with Crippen LogP contribution in [0, 0.1) is 5.92 Å². The number of piperidine rings is 1. The number of fused-ring (bicyclic) bond motifs is 3. The molecular formula is C17H17F3N4O. The Bertz CT molecular complexity index is 942. The van der Waals surface area contributed by atoms with Crippen molar-refractivity contribution in [3.05, 3.63) is 30.7 Å². The van der Waals surface area contributed by atoms with Crippen LogP contribution in [0.5, 0.6) is 0 Å². The summed E-state index contributed by atoms with van der Waals surface area (Å²) in [6.45, 7) is 2.20. The van der Waals surface area contributed by atoms with Crippen LogP contribution in [0.15, 0.2) is 30.7 Å². The molecule has 3 aromatic heterocycles. The summed E-state index contributed by atoms with van der Waals surface area (Å²) < 4.78 is 40.4. The van der Waals surface area contributed by atoms with Gasteiger partial charge in [-0.05, 0) is 24.5 Å². The normalized spacial score (nSPS) is 22.0. The van der Waals surface area contributed by atoms with E-state index in [1.165, 1.54) is 0 Å². The van der Waals surface area contributed by atoms with Crippen molar-refractivity contribution in [2.24, 2.45) is 5.92 Å². The summed E-state index contributed by atoms with van der Waals surface area (Å²) in [7, 11) is 0. The molecule has 4 rings (SSSR count). The van der Waals surface area contributed by atoms with E-state index in [2.05, 4.69) is 9.97 Å². The van der Waals surface area contributed by atoms with Gasteiger partial charge in [0.1, 0.15) is 5.65 Å².